The molecule has 0 saturated carbocycles. The van der Waals surface area contributed by atoms with Crippen molar-refractivity contribution in [3.63, 3.8) is 0 Å². The van der Waals surface area contributed by atoms with E-state index < -0.39 is 0 Å². The van der Waals surface area contributed by atoms with Crippen molar-refractivity contribution in [3.8, 4) is 5.75 Å². The van der Waals surface area contributed by atoms with Crippen molar-refractivity contribution in [2.24, 2.45) is 0 Å². The van der Waals surface area contributed by atoms with E-state index >= 15 is 0 Å². The third-order valence-electron chi connectivity index (χ3n) is 2.56. The number of hydrogen-bond acceptors (Lipinski definition) is 2. The largest absolute Gasteiger partial charge is 0.497 e. The molecular weight excluding hydrogens is 374 g/mol. The molecule has 0 saturated heterocycles. The number of halogens is 2. The van der Waals surface area contributed by atoms with Gasteiger partial charge in [0.1, 0.15) is 5.75 Å². The average molecular weight is 388 g/mol. The van der Waals surface area contributed by atoms with E-state index in [1.54, 1.807) is 31.4 Å². The average Bonchev–Trinajstić information content (AvgIpc) is 2.39. The zero-order chi connectivity index (χ0) is 13.0. The van der Waals surface area contributed by atoms with Gasteiger partial charge in [-0.05, 0) is 46.3 Å². The second kappa shape index (κ2) is 7.40. The zero-order valence-electron chi connectivity index (χ0n) is 10.4. The van der Waals surface area contributed by atoms with Gasteiger partial charge in [0.25, 0.3) is 0 Å². The molecule has 1 heterocycles. The van der Waals surface area contributed by atoms with E-state index in [-0.39, 0.29) is 22.8 Å². The standard InChI is InChI=1S/C14H13BrNO2.BrH/c1-18-13-6-4-11(5-7-13)14(17)10-16-8-2-3-12(15)9-16;/h2-9H,10H2,1H3;1H/q+1;. The third-order valence-corrected chi connectivity index (χ3v) is 3.03. The second-order valence-corrected chi connectivity index (χ2v) is 4.76. The Balaban J connectivity index is 0.00000180. The second-order valence-electron chi connectivity index (χ2n) is 3.85. The Hall–Kier alpha value is -1.20. The van der Waals surface area contributed by atoms with Gasteiger partial charge in [0.2, 0.25) is 12.3 Å². The molecule has 0 N–H and O–H groups in total. The Bertz CT molecular complexity index is 556. The van der Waals surface area contributed by atoms with E-state index in [4.69, 9.17) is 4.74 Å². The Kier molecular flexibility index (Phi) is 6.18. The molecule has 0 spiro atoms. The molecule has 0 aliphatic carbocycles. The SMILES string of the molecule is Br.COc1ccc(C(=O)C[n+]2cccc(Br)c2)cc1. The van der Waals surface area contributed by atoms with Crippen molar-refractivity contribution < 1.29 is 14.1 Å². The molecule has 1 aromatic heterocycles. The van der Waals surface area contributed by atoms with Crippen LogP contribution in [0.2, 0.25) is 0 Å². The van der Waals surface area contributed by atoms with Gasteiger partial charge in [-0.2, -0.15) is 4.57 Å². The summed E-state index contributed by atoms with van der Waals surface area (Å²) in [7, 11) is 1.61. The lowest BCUT2D eigenvalue weighted by Gasteiger charge is -2.01. The van der Waals surface area contributed by atoms with Gasteiger partial charge in [-0.1, -0.05) is 0 Å². The summed E-state index contributed by atoms with van der Waals surface area (Å²) >= 11 is 3.38. The molecule has 5 heteroatoms. The Morgan fingerprint density at radius 1 is 1.26 bits per heavy atom. The molecule has 19 heavy (non-hydrogen) atoms. The number of ketones is 1. The lowest BCUT2D eigenvalue weighted by Crippen LogP contribution is -2.37. The van der Waals surface area contributed by atoms with Gasteiger partial charge in [-0.15, -0.1) is 17.0 Å². The van der Waals surface area contributed by atoms with Crippen LogP contribution in [0.4, 0.5) is 0 Å². The first-order valence-electron chi connectivity index (χ1n) is 5.51. The molecule has 0 unspecified atom stereocenters. The molecule has 0 aliphatic rings. The highest BCUT2D eigenvalue weighted by Crippen LogP contribution is 2.11. The number of methoxy groups -OCH3 is 1. The maximum Gasteiger partial charge on any atom is 0.227 e. The summed E-state index contributed by atoms with van der Waals surface area (Å²) in [6.07, 6.45) is 3.74. The van der Waals surface area contributed by atoms with Crippen LogP contribution < -0.4 is 9.30 Å². The third kappa shape index (κ3) is 4.44. The monoisotopic (exact) mass is 386 g/mol. The fraction of sp³-hybridized carbons (Fsp3) is 0.143. The minimum Gasteiger partial charge on any atom is -0.497 e. The molecule has 1 aromatic carbocycles. The number of rotatable bonds is 4. The van der Waals surface area contributed by atoms with Crippen molar-refractivity contribution >= 4 is 38.7 Å². The number of hydrogen-bond donors (Lipinski definition) is 0. The van der Waals surface area contributed by atoms with Crippen LogP contribution in [0, 0.1) is 0 Å². The summed E-state index contributed by atoms with van der Waals surface area (Å²) in [5.41, 5.74) is 0.684. The highest BCUT2D eigenvalue weighted by Gasteiger charge is 2.12. The number of aromatic nitrogens is 1. The molecular formula is C14H14Br2NO2+. The van der Waals surface area contributed by atoms with Crippen LogP contribution in [0.3, 0.4) is 0 Å². The molecule has 2 aromatic rings. The van der Waals surface area contributed by atoms with Crippen molar-refractivity contribution in [1.29, 1.82) is 0 Å². The summed E-state index contributed by atoms with van der Waals surface area (Å²) in [5, 5.41) is 0. The summed E-state index contributed by atoms with van der Waals surface area (Å²) in [5.74, 6) is 0.822. The number of ether oxygens (including phenoxy) is 1. The lowest BCUT2D eigenvalue weighted by molar-refractivity contribution is -0.683. The van der Waals surface area contributed by atoms with E-state index in [1.807, 2.05) is 29.1 Å². The van der Waals surface area contributed by atoms with E-state index in [2.05, 4.69) is 15.9 Å². The van der Waals surface area contributed by atoms with Gasteiger partial charge in [-0.25, -0.2) is 0 Å². The van der Waals surface area contributed by atoms with E-state index in [0.29, 0.717) is 12.1 Å². The Morgan fingerprint density at radius 3 is 2.53 bits per heavy atom. The van der Waals surface area contributed by atoms with E-state index in [9.17, 15) is 4.79 Å². The molecule has 0 aliphatic heterocycles. The predicted octanol–water partition coefficient (Wildman–Crippen LogP) is 3.21. The van der Waals surface area contributed by atoms with E-state index in [1.165, 1.54) is 0 Å². The van der Waals surface area contributed by atoms with Crippen LogP contribution in [0.1, 0.15) is 10.4 Å². The highest BCUT2D eigenvalue weighted by atomic mass is 79.9. The fourth-order valence-electron chi connectivity index (χ4n) is 1.62. The highest BCUT2D eigenvalue weighted by molar-refractivity contribution is 9.10. The molecule has 0 fully saturated rings. The van der Waals surface area contributed by atoms with Crippen LogP contribution in [0.5, 0.6) is 5.75 Å². The van der Waals surface area contributed by atoms with Gasteiger partial charge in [0.05, 0.1) is 11.6 Å². The topological polar surface area (TPSA) is 30.2 Å². The molecule has 0 radical (unpaired) electrons. The molecule has 2 rings (SSSR count). The van der Waals surface area contributed by atoms with Gasteiger partial charge < -0.3 is 4.74 Å². The zero-order valence-corrected chi connectivity index (χ0v) is 13.7. The number of Topliss-reactive ketones (excluding diaryl/α,β-unsaturated/α-hetero) is 1. The van der Waals surface area contributed by atoms with Gasteiger partial charge in [-0.3, -0.25) is 4.79 Å². The molecule has 0 amide bonds. The number of carbonyl (C=O) groups excluding carboxylic acids is 1. The molecule has 0 bridgehead atoms. The summed E-state index contributed by atoms with van der Waals surface area (Å²) < 4.78 is 7.86. The lowest BCUT2D eigenvalue weighted by atomic mass is 10.1. The van der Waals surface area contributed by atoms with Crippen LogP contribution in [0.15, 0.2) is 53.3 Å². The van der Waals surface area contributed by atoms with Crippen LogP contribution in [-0.4, -0.2) is 12.9 Å². The summed E-state index contributed by atoms with van der Waals surface area (Å²) in [6.45, 7) is 0.325. The first-order valence-corrected chi connectivity index (χ1v) is 6.30. The maximum absolute atomic E-state index is 12.0. The van der Waals surface area contributed by atoms with Crippen molar-refractivity contribution in [2.75, 3.05) is 7.11 Å². The Labute approximate surface area is 131 Å². The summed E-state index contributed by atoms with van der Waals surface area (Å²) in [4.78, 5) is 12.0. The Morgan fingerprint density at radius 2 is 1.95 bits per heavy atom. The fourth-order valence-corrected chi connectivity index (χ4v) is 2.04. The first kappa shape index (κ1) is 15.9. The van der Waals surface area contributed by atoms with Crippen molar-refractivity contribution in [3.05, 3.63) is 58.8 Å². The van der Waals surface area contributed by atoms with Gasteiger partial charge >= 0.3 is 0 Å². The predicted molar refractivity (Wildman–Crippen MR) is 82.0 cm³/mol. The van der Waals surface area contributed by atoms with Crippen LogP contribution in [-0.2, 0) is 6.54 Å². The van der Waals surface area contributed by atoms with Crippen molar-refractivity contribution in [2.45, 2.75) is 6.54 Å². The number of nitrogens with zero attached hydrogens (tertiary/aromatic N) is 1. The van der Waals surface area contributed by atoms with Gasteiger partial charge in [0, 0.05) is 11.6 Å². The number of benzene rings is 1. The summed E-state index contributed by atoms with van der Waals surface area (Å²) in [6, 6.07) is 11.0. The molecule has 0 atom stereocenters. The van der Waals surface area contributed by atoms with Crippen LogP contribution >= 0.6 is 32.9 Å². The minimum atomic E-state index is 0. The number of carbonyl (C=O) groups is 1. The quantitative estimate of drug-likeness (QED) is 0.595. The minimum absolute atomic E-state index is 0. The maximum atomic E-state index is 12.0. The van der Waals surface area contributed by atoms with Crippen LogP contribution in [0.25, 0.3) is 0 Å². The van der Waals surface area contributed by atoms with Crippen molar-refractivity contribution in [1.82, 2.24) is 0 Å². The van der Waals surface area contributed by atoms with E-state index in [0.717, 1.165) is 10.2 Å². The molecule has 100 valence electrons. The first-order chi connectivity index (χ1) is 8.69. The normalized spacial score (nSPS) is 9.58. The smallest absolute Gasteiger partial charge is 0.227 e. The molecule has 3 nitrogen and oxygen atoms in total. The number of pyridine rings is 1. The van der Waals surface area contributed by atoms with Gasteiger partial charge in [0.15, 0.2) is 12.4 Å².